The first-order valence-corrected chi connectivity index (χ1v) is 11.9. The molecule has 7 heteroatoms. The number of ether oxygens (including phenoxy) is 1. The van der Waals surface area contributed by atoms with Gasteiger partial charge in [0.2, 0.25) is 0 Å². The molecule has 174 valence electrons. The highest BCUT2D eigenvalue weighted by Crippen LogP contribution is 2.43. The molecule has 3 aliphatic rings. The van der Waals surface area contributed by atoms with Crippen molar-refractivity contribution in [3.63, 3.8) is 0 Å². The van der Waals surface area contributed by atoms with Gasteiger partial charge < -0.3 is 18.9 Å². The monoisotopic (exact) mass is 451 g/mol. The Morgan fingerprint density at radius 3 is 2.45 bits per heavy atom. The van der Waals surface area contributed by atoms with Crippen LogP contribution in [0.3, 0.4) is 0 Å². The van der Waals surface area contributed by atoms with Crippen LogP contribution in [0.25, 0.3) is 0 Å². The van der Waals surface area contributed by atoms with Gasteiger partial charge in [0, 0.05) is 5.69 Å². The van der Waals surface area contributed by atoms with Crippen LogP contribution in [0.5, 0.6) is 5.75 Å². The van der Waals surface area contributed by atoms with E-state index in [2.05, 4.69) is 0 Å². The van der Waals surface area contributed by atoms with Gasteiger partial charge in [0.05, 0.1) is 17.7 Å². The summed E-state index contributed by atoms with van der Waals surface area (Å²) in [6.45, 7) is 10.8. The van der Waals surface area contributed by atoms with Crippen LogP contribution >= 0.6 is 0 Å². The Labute approximate surface area is 195 Å². The van der Waals surface area contributed by atoms with Crippen LogP contribution in [0.15, 0.2) is 30.3 Å². The van der Waals surface area contributed by atoms with Gasteiger partial charge in [-0.2, -0.15) is 0 Å². The van der Waals surface area contributed by atoms with E-state index in [1.54, 1.807) is 4.90 Å². The van der Waals surface area contributed by atoms with E-state index in [-0.39, 0.29) is 11.5 Å². The number of hydrogen-bond acceptors (Lipinski definition) is 4. The summed E-state index contributed by atoms with van der Waals surface area (Å²) in [4.78, 5) is 15.2. The molecule has 2 fully saturated rings. The number of amides is 1. The SMILES string of the molecule is CCc1c(B2OC(C)(C)C(C)(C)O2)cccc1N1CCOc2cc(C3CC3)cc(F)c2C1=O. The third kappa shape index (κ3) is 3.75. The van der Waals surface area contributed by atoms with E-state index in [9.17, 15) is 4.79 Å². The van der Waals surface area contributed by atoms with Crippen molar-refractivity contribution in [1.29, 1.82) is 0 Å². The maximum atomic E-state index is 15.2. The molecule has 0 aromatic heterocycles. The third-order valence-electron chi connectivity index (χ3n) is 7.50. The largest absolute Gasteiger partial charge is 0.495 e. The van der Waals surface area contributed by atoms with Crippen LogP contribution in [0, 0.1) is 5.82 Å². The van der Waals surface area contributed by atoms with Gasteiger partial charge >= 0.3 is 7.12 Å². The van der Waals surface area contributed by atoms with E-state index >= 15 is 4.39 Å². The molecule has 2 aromatic carbocycles. The molecule has 1 saturated carbocycles. The molecule has 0 bridgehead atoms. The highest BCUT2D eigenvalue weighted by atomic mass is 19.1. The predicted octanol–water partition coefficient (Wildman–Crippen LogP) is 4.60. The van der Waals surface area contributed by atoms with Crippen molar-refractivity contribution in [2.45, 2.75) is 71.0 Å². The normalized spacial score (nSPS) is 21.6. The molecule has 1 aliphatic carbocycles. The van der Waals surface area contributed by atoms with Crippen molar-refractivity contribution in [2.75, 3.05) is 18.1 Å². The standard InChI is InChI=1S/C26H31BFNO4/c1-6-18-19(27-32-25(2,3)26(4,5)33-27)8-7-9-21(18)29-12-13-31-22-15-17(16-10-11-16)14-20(28)23(22)24(29)30/h7-9,14-16H,6,10-13H2,1-5H3. The maximum Gasteiger partial charge on any atom is 0.495 e. The van der Waals surface area contributed by atoms with E-state index < -0.39 is 24.1 Å². The Hall–Kier alpha value is -2.38. The van der Waals surface area contributed by atoms with Gasteiger partial charge in [0.1, 0.15) is 23.7 Å². The van der Waals surface area contributed by atoms with Crippen molar-refractivity contribution < 1.29 is 23.2 Å². The lowest BCUT2D eigenvalue weighted by Gasteiger charge is -2.32. The Balaban J connectivity index is 1.53. The summed E-state index contributed by atoms with van der Waals surface area (Å²) in [6, 6.07) is 9.15. The van der Waals surface area contributed by atoms with Gasteiger partial charge in [-0.3, -0.25) is 4.79 Å². The van der Waals surface area contributed by atoms with Crippen molar-refractivity contribution in [3.05, 3.63) is 52.8 Å². The Morgan fingerprint density at radius 1 is 1.12 bits per heavy atom. The van der Waals surface area contributed by atoms with Crippen LogP contribution in [-0.2, 0) is 15.7 Å². The third-order valence-corrected chi connectivity index (χ3v) is 7.50. The van der Waals surface area contributed by atoms with Crippen LogP contribution in [0.1, 0.15) is 74.9 Å². The Kier molecular flexibility index (Phi) is 5.33. The number of benzene rings is 2. The molecule has 5 rings (SSSR count). The molecular weight excluding hydrogens is 420 g/mol. The molecule has 33 heavy (non-hydrogen) atoms. The van der Waals surface area contributed by atoms with Gasteiger partial charge in [-0.15, -0.1) is 0 Å². The van der Waals surface area contributed by atoms with Crippen LogP contribution in [0.2, 0.25) is 0 Å². The van der Waals surface area contributed by atoms with E-state index in [0.717, 1.165) is 35.1 Å². The number of hydrogen-bond donors (Lipinski definition) is 0. The number of halogens is 1. The molecule has 0 radical (unpaired) electrons. The fourth-order valence-electron chi connectivity index (χ4n) is 4.71. The van der Waals surface area contributed by atoms with Crippen LogP contribution in [-0.4, -0.2) is 37.4 Å². The average molecular weight is 451 g/mol. The quantitative estimate of drug-likeness (QED) is 0.638. The summed E-state index contributed by atoms with van der Waals surface area (Å²) in [5.41, 5.74) is 2.61. The van der Waals surface area contributed by atoms with E-state index in [4.69, 9.17) is 14.0 Å². The molecule has 0 N–H and O–H groups in total. The van der Waals surface area contributed by atoms with Gasteiger partial charge in [-0.25, -0.2) is 4.39 Å². The van der Waals surface area contributed by atoms with E-state index in [1.807, 2.05) is 58.9 Å². The molecule has 2 aromatic rings. The zero-order valence-corrected chi connectivity index (χ0v) is 20.0. The number of carbonyl (C=O) groups excluding carboxylic acids is 1. The summed E-state index contributed by atoms with van der Waals surface area (Å²) in [5, 5.41) is 0. The van der Waals surface area contributed by atoms with Gasteiger partial charge in [-0.1, -0.05) is 19.1 Å². The summed E-state index contributed by atoms with van der Waals surface area (Å²) in [7, 11) is -0.534. The van der Waals surface area contributed by atoms with Crippen molar-refractivity contribution in [3.8, 4) is 5.75 Å². The summed E-state index contributed by atoms with van der Waals surface area (Å²) >= 11 is 0. The number of anilines is 1. The van der Waals surface area contributed by atoms with Crippen molar-refractivity contribution in [2.24, 2.45) is 0 Å². The fraction of sp³-hybridized carbons (Fsp3) is 0.500. The molecule has 2 heterocycles. The topological polar surface area (TPSA) is 48.0 Å². The molecular formula is C26H31BFNO4. The second kappa shape index (κ2) is 7.85. The highest BCUT2D eigenvalue weighted by Gasteiger charge is 2.52. The zero-order valence-electron chi connectivity index (χ0n) is 20.0. The van der Waals surface area contributed by atoms with E-state index in [1.165, 1.54) is 6.07 Å². The summed E-state index contributed by atoms with van der Waals surface area (Å²) in [6.07, 6.45) is 2.80. The zero-order chi connectivity index (χ0) is 23.5. The van der Waals surface area contributed by atoms with Gasteiger partial charge in [0.15, 0.2) is 0 Å². The van der Waals surface area contributed by atoms with E-state index in [0.29, 0.717) is 31.2 Å². The van der Waals surface area contributed by atoms with Gasteiger partial charge in [-0.05, 0) is 87.7 Å². The first-order valence-electron chi connectivity index (χ1n) is 11.9. The first-order chi connectivity index (χ1) is 15.6. The molecule has 0 atom stereocenters. The second-order valence-corrected chi connectivity index (χ2v) is 10.2. The number of nitrogens with zero attached hydrogens (tertiary/aromatic N) is 1. The smallest absolute Gasteiger partial charge is 0.491 e. The lowest BCUT2D eigenvalue weighted by molar-refractivity contribution is 0.00578. The maximum absolute atomic E-state index is 15.2. The molecule has 2 aliphatic heterocycles. The molecule has 5 nitrogen and oxygen atoms in total. The number of fused-ring (bicyclic) bond motifs is 1. The average Bonchev–Trinajstić information content (AvgIpc) is 3.57. The fourth-order valence-corrected chi connectivity index (χ4v) is 4.71. The molecule has 0 unspecified atom stereocenters. The highest BCUT2D eigenvalue weighted by molar-refractivity contribution is 6.62. The lowest BCUT2D eigenvalue weighted by Crippen LogP contribution is -2.41. The molecule has 0 spiro atoms. The minimum atomic E-state index is -0.534. The summed E-state index contributed by atoms with van der Waals surface area (Å²) in [5.74, 6) is -0.148. The van der Waals surface area contributed by atoms with Crippen molar-refractivity contribution >= 4 is 24.2 Å². The molecule has 1 saturated heterocycles. The van der Waals surface area contributed by atoms with Crippen molar-refractivity contribution in [1.82, 2.24) is 0 Å². The van der Waals surface area contributed by atoms with Crippen LogP contribution < -0.4 is 15.1 Å². The molecule has 1 amide bonds. The minimum Gasteiger partial charge on any atom is -0.491 e. The first kappa shape index (κ1) is 22.4. The second-order valence-electron chi connectivity index (χ2n) is 10.2. The Bertz CT molecular complexity index is 1100. The minimum absolute atomic E-state index is 0.0139. The number of carbonyl (C=O) groups is 1. The predicted molar refractivity (Wildman–Crippen MR) is 127 cm³/mol. The van der Waals surface area contributed by atoms with Crippen LogP contribution in [0.4, 0.5) is 10.1 Å². The van der Waals surface area contributed by atoms with Gasteiger partial charge in [0.25, 0.3) is 5.91 Å². The lowest BCUT2D eigenvalue weighted by atomic mass is 9.74. The number of rotatable bonds is 4. The summed E-state index contributed by atoms with van der Waals surface area (Å²) < 4.78 is 33.6. The Morgan fingerprint density at radius 2 is 1.82 bits per heavy atom.